The van der Waals surface area contributed by atoms with Gasteiger partial charge in [-0.05, 0) is 0 Å². The van der Waals surface area contributed by atoms with Crippen LogP contribution in [-0.2, 0) is 9.53 Å². The molecule has 1 aromatic heterocycles. The Morgan fingerprint density at radius 1 is 1.47 bits per heavy atom. The van der Waals surface area contributed by atoms with Crippen LogP contribution in [0.3, 0.4) is 0 Å². The smallest absolute Gasteiger partial charge is 0.185 e. The fourth-order valence-corrected chi connectivity index (χ4v) is 2.62. The molecule has 17 heavy (non-hydrogen) atoms. The zero-order chi connectivity index (χ0) is 12.1. The van der Waals surface area contributed by atoms with Crippen LogP contribution in [0.4, 0.5) is 5.13 Å². The van der Waals surface area contributed by atoms with Gasteiger partial charge < -0.3 is 9.64 Å². The summed E-state index contributed by atoms with van der Waals surface area (Å²) in [5.41, 5.74) is 0. The molecule has 0 unspecified atom stereocenters. The van der Waals surface area contributed by atoms with E-state index < -0.39 is 0 Å². The highest BCUT2D eigenvalue weighted by Crippen LogP contribution is 2.18. The Hall–Kier alpha value is -0.980. The normalized spacial score (nSPS) is 17.4. The second-order valence-electron chi connectivity index (χ2n) is 4.05. The molecule has 2 heterocycles. The lowest BCUT2D eigenvalue weighted by Crippen LogP contribution is -2.48. The molecule has 0 radical (unpaired) electrons. The number of ether oxygens (including phenoxy) is 1. The monoisotopic (exact) mass is 255 g/mol. The number of ketones is 1. The molecule has 1 saturated heterocycles. The molecule has 1 aliphatic heterocycles. The predicted octanol–water partition coefficient (Wildman–Crippen LogP) is 0.481. The molecule has 5 nitrogen and oxygen atoms in total. The Kier molecular flexibility index (Phi) is 4.47. The van der Waals surface area contributed by atoms with Gasteiger partial charge in [0.15, 0.2) is 10.9 Å². The van der Waals surface area contributed by atoms with Gasteiger partial charge in [0, 0.05) is 44.9 Å². The lowest BCUT2D eigenvalue weighted by Gasteiger charge is -2.34. The molecule has 0 amide bonds. The first kappa shape index (κ1) is 12.5. The highest BCUT2D eigenvalue weighted by Gasteiger charge is 2.19. The maximum atomic E-state index is 11.4. The van der Waals surface area contributed by atoms with E-state index in [1.165, 1.54) is 0 Å². The highest BCUT2D eigenvalue weighted by molar-refractivity contribution is 7.13. The van der Waals surface area contributed by atoms with Gasteiger partial charge in [-0.15, -0.1) is 11.3 Å². The molecule has 1 aromatic rings. The molecule has 6 heteroatoms. The number of hydrogen-bond acceptors (Lipinski definition) is 6. The number of rotatable bonds is 5. The molecule has 94 valence electrons. The third kappa shape index (κ3) is 3.49. The highest BCUT2D eigenvalue weighted by atomic mass is 32.1. The van der Waals surface area contributed by atoms with Gasteiger partial charge in [-0.25, -0.2) is 4.98 Å². The summed E-state index contributed by atoms with van der Waals surface area (Å²) in [6.07, 6.45) is 1.83. The van der Waals surface area contributed by atoms with Crippen molar-refractivity contribution < 1.29 is 9.53 Å². The van der Waals surface area contributed by atoms with Crippen molar-refractivity contribution >= 4 is 22.3 Å². The second kappa shape index (κ2) is 6.09. The lowest BCUT2D eigenvalue weighted by atomic mass is 10.3. The van der Waals surface area contributed by atoms with Crippen molar-refractivity contribution in [2.75, 3.05) is 51.3 Å². The average molecular weight is 255 g/mol. The molecular weight excluding hydrogens is 238 g/mol. The number of carbonyl (C=O) groups excluding carboxylic acids is 1. The molecule has 0 bridgehead atoms. The largest absolute Gasteiger partial charge is 0.377 e. The average Bonchev–Trinajstić information content (AvgIpc) is 2.84. The van der Waals surface area contributed by atoms with Gasteiger partial charge in [0.05, 0.1) is 6.54 Å². The van der Waals surface area contributed by atoms with Crippen LogP contribution in [0.15, 0.2) is 11.6 Å². The zero-order valence-electron chi connectivity index (χ0n) is 9.96. The van der Waals surface area contributed by atoms with E-state index in [0.29, 0.717) is 6.54 Å². The molecule has 0 saturated carbocycles. The van der Waals surface area contributed by atoms with Crippen LogP contribution in [0.1, 0.15) is 0 Å². The fourth-order valence-electron chi connectivity index (χ4n) is 1.93. The number of thiazole rings is 1. The van der Waals surface area contributed by atoms with E-state index in [-0.39, 0.29) is 12.4 Å². The number of carbonyl (C=O) groups is 1. The van der Waals surface area contributed by atoms with Crippen LogP contribution in [0.2, 0.25) is 0 Å². The van der Waals surface area contributed by atoms with E-state index in [1.54, 1.807) is 18.4 Å². The Labute approximate surface area is 105 Å². The lowest BCUT2D eigenvalue weighted by molar-refractivity contribution is -0.123. The Balaban J connectivity index is 1.76. The van der Waals surface area contributed by atoms with Crippen LogP contribution >= 0.6 is 11.3 Å². The quantitative estimate of drug-likeness (QED) is 0.766. The number of anilines is 1. The number of nitrogens with zero attached hydrogens (tertiary/aromatic N) is 3. The summed E-state index contributed by atoms with van der Waals surface area (Å²) in [5, 5.41) is 3.07. The van der Waals surface area contributed by atoms with Gasteiger partial charge in [0.2, 0.25) is 0 Å². The summed E-state index contributed by atoms with van der Waals surface area (Å²) in [5.74, 6) is 0.148. The van der Waals surface area contributed by atoms with Crippen molar-refractivity contribution in [3.8, 4) is 0 Å². The van der Waals surface area contributed by atoms with Crippen molar-refractivity contribution in [1.29, 1.82) is 0 Å². The van der Waals surface area contributed by atoms with Crippen LogP contribution in [0, 0.1) is 0 Å². The van der Waals surface area contributed by atoms with Gasteiger partial charge in [0.1, 0.15) is 6.61 Å². The minimum absolute atomic E-state index is 0.148. The molecule has 0 aromatic carbocycles. The molecule has 0 N–H and O–H groups in total. The van der Waals surface area contributed by atoms with E-state index in [0.717, 1.165) is 31.3 Å². The molecule has 0 spiro atoms. The molecule has 1 fully saturated rings. The van der Waals surface area contributed by atoms with Crippen molar-refractivity contribution in [1.82, 2.24) is 9.88 Å². The Morgan fingerprint density at radius 2 is 2.24 bits per heavy atom. The van der Waals surface area contributed by atoms with Crippen molar-refractivity contribution in [2.45, 2.75) is 0 Å². The van der Waals surface area contributed by atoms with Gasteiger partial charge >= 0.3 is 0 Å². The SMILES string of the molecule is COCC(=O)CN1CCN(c2nccs2)CC1. The summed E-state index contributed by atoms with van der Waals surface area (Å²) < 4.78 is 4.83. The number of aromatic nitrogens is 1. The van der Waals surface area contributed by atoms with E-state index in [9.17, 15) is 4.79 Å². The number of methoxy groups -OCH3 is 1. The molecular formula is C11H17N3O2S. The van der Waals surface area contributed by atoms with Crippen molar-refractivity contribution in [3.05, 3.63) is 11.6 Å². The fraction of sp³-hybridized carbons (Fsp3) is 0.636. The van der Waals surface area contributed by atoms with Gasteiger partial charge in [-0.1, -0.05) is 0 Å². The van der Waals surface area contributed by atoms with Gasteiger partial charge in [0.25, 0.3) is 0 Å². The van der Waals surface area contributed by atoms with Gasteiger partial charge in [-0.3, -0.25) is 9.69 Å². The summed E-state index contributed by atoms with van der Waals surface area (Å²) >= 11 is 1.66. The third-order valence-corrected chi connectivity index (χ3v) is 3.60. The Bertz CT molecular complexity index is 348. The van der Waals surface area contributed by atoms with Gasteiger partial charge in [-0.2, -0.15) is 0 Å². The maximum absolute atomic E-state index is 11.4. The summed E-state index contributed by atoms with van der Waals surface area (Å²) in [6.45, 7) is 4.41. The summed E-state index contributed by atoms with van der Waals surface area (Å²) in [6, 6.07) is 0. The molecule has 0 aliphatic carbocycles. The summed E-state index contributed by atoms with van der Waals surface area (Å²) in [4.78, 5) is 20.2. The minimum atomic E-state index is 0.148. The standard InChI is InChI=1S/C11H17N3O2S/c1-16-9-10(15)8-13-3-5-14(6-4-13)11-12-2-7-17-11/h2,7H,3-6,8-9H2,1H3. The van der Waals surface area contributed by atoms with Crippen molar-refractivity contribution in [3.63, 3.8) is 0 Å². The maximum Gasteiger partial charge on any atom is 0.185 e. The molecule has 0 atom stereocenters. The zero-order valence-corrected chi connectivity index (χ0v) is 10.8. The first-order valence-corrected chi connectivity index (χ1v) is 6.55. The van der Waals surface area contributed by atoms with E-state index >= 15 is 0 Å². The van der Waals surface area contributed by atoms with Crippen LogP contribution in [0.5, 0.6) is 0 Å². The number of hydrogen-bond donors (Lipinski definition) is 0. The Morgan fingerprint density at radius 3 is 2.82 bits per heavy atom. The van der Waals surface area contributed by atoms with Crippen LogP contribution < -0.4 is 4.90 Å². The van der Waals surface area contributed by atoms with Crippen molar-refractivity contribution in [2.24, 2.45) is 0 Å². The third-order valence-electron chi connectivity index (χ3n) is 2.77. The second-order valence-corrected chi connectivity index (χ2v) is 4.92. The van der Waals surface area contributed by atoms with Crippen LogP contribution in [0.25, 0.3) is 0 Å². The van der Waals surface area contributed by atoms with E-state index in [4.69, 9.17) is 4.74 Å². The molecule has 1 aliphatic rings. The number of Topliss-reactive ketones (excluding diaryl/α,β-unsaturated/α-hetero) is 1. The first-order chi connectivity index (χ1) is 8.29. The topological polar surface area (TPSA) is 45.7 Å². The molecule has 2 rings (SSSR count). The predicted molar refractivity (Wildman–Crippen MR) is 67.7 cm³/mol. The minimum Gasteiger partial charge on any atom is -0.377 e. The van der Waals surface area contributed by atoms with E-state index in [1.807, 2.05) is 11.6 Å². The van der Waals surface area contributed by atoms with Crippen LogP contribution in [-0.4, -0.2) is 62.1 Å². The number of piperazine rings is 1. The van der Waals surface area contributed by atoms with E-state index in [2.05, 4.69) is 14.8 Å². The summed E-state index contributed by atoms with van der Waals surface area (Å²) in [7, 11) is 1.55. The first-order valence-electron chi connectivity index (χ1n) is 5.67.